The smallest absolute Gasteiger partial charge is 0.231 e. The molecule has 1 aromatic rings. The van der Waals surface area contributed by atoms with E-state index in [-0.39, 0.29) is 12.8 Å². The van der Waals surface area contributed by atoms with Gasteiger partial charge >= 0.3 is 0 Å². The van der Waals surface area contributed by atoms with E-state index in [1.165, 1.54) is 0 Å². The fraction of sp³-hybridized carbons (Fsp3) is 0.333. The van der Waals surface area contributed by atoms with Crippen molar-refractivity contribution < 1.29 is 9.47 Å². The summed E-state index contributed by atoms with van der Waals surface area (Å²) in [6.45, 7) is 2.22. The first kappa shape index (κ1) is 8.84. The average Bonchev–Trinajstić information content (AvgIpc) is 2.51. The van der Waals surface area contributed by atoms with Crippen molar-refractivity contribution in [3.8, 4) is 11.5 Å². The Hall–Kier alpha value is -0.740. The molecule has 3 nitrogen and oxygen atoms in total. The summed E-state index contributed by atoms with van der Waals surface area (Å²) in [6, 6.07) is 3.88. The van der Waals surface area contributed by atoms with Crippen molar-refractivity contribution in [1.82, 2.24) is 0 Å². The van der Waals surface area contributed by atoms with Crippen LogP contribution in [0.2, 0.25) is 0 Å². The van der Waals surface area contributed by atoms with Crippen molar-refractivity contribution in [1.29, 1.82) is 0 Å². The van der Waals surface area contributed by atoms with Crippen molar-refractivity contribution in [3.05, 3.63) is 22.2 Å². The second-order valence-electron chi connectivity index (χ2n) is 3.03. The number of ether oxygens (including phenoxy) is 2. The molecular formula is C9H10BrNO2. The van der Waals surface area contributed by atoms with E-state index >= 15 is 0 Å². The molecule has 1 heterocycles. The van der Waals surface area contributed by atoms with Crippen LogP contribution in [0.1, 0.15) is 18.5 Å². The summed E-state index contributed by atoms with van der Waals surface area (Å²) in [5.41, 5.74) is 6.80. The standard InChI is InChI=1S/C9H10BrNO2/c1-5(11)6-2-7(10)9-8(3-6)12-4-13-9/h2-3,5H,4,11H2,1H3. The van der Waals surface area contributed by atoms with Gasteiger partial charge in [0.2, 0.25) is 6.79 Å². The van der Waals surface area contributed by atoms with Gasteiger partial charge in [-0.2, -0.15) is 0 Å². The van der Waals surface area contributed by atoms with Gasteiger partial charge in [0.05, 0.1) is 4.47 Å². The van der Waals surface area contributed by atoms with Crippen molar-refractivity contribution in [2.75, 3.05) is 6.79 Å². The minimum absolute atomic E-state index is 0.00537. The number of halogens is 1. The molecule has 1 aliphatic heterocycles. The average molecular weight is 244 g/mol. The summed E-state index contributed by atoms with van der Waals surface area (Å²) in [4.78, 5) is 0. The van der Waals surface area contributed by atoms with Gasteiger partial charge in [0.1, 0.15) is 0 Å². The Kier molecular flexibility index (Phi) is 2.17. The molecule has 0 amide bonds. The highest BCUT2D eigenvalue weighted by molar-refractivity contribution is 9.10. The molecule has 0 saturated carbocycles. The third-order valence-electron chi connectivity index (χ3n) is 1.98. The van der Waals surface area contributed by atoms with Crippen LogP contribution in [0, 0.1) is 0 Å². The van der Waals surface area contributed by atoms with Crippen LogP contribution in [0.25, 0.3) is 0 Å². The SMILES string of the molecule is CC(N)c1cc(Br)c2c(c1)OCO2. The number of hydrogen-bond donors (Lipinski definition) is 1. The minimum atomic E-state index is 0.00537. The molecule has 70 valence electrons. The Morgan fingerprint density at radius 2 is 2.23 bits per heavy atom. The Bertz CT molecular complexity index is 339. The van der Waals surface area contributed by atoms with Crippen molar-refractivity contribution >= 4 is 15.9 Å². The van der Waals surface area contributed by atoms with Gasteiger partial charge in [-0.05, 0) is 40.5 Å². The first-order valence-corrected chi connectivity index (χ1v) is 4.82. The van der Waals surface area contributed by atoms with Crippen LogP contribution in [0.15, 0.2) is 16.6 Å². The Labute approximate surface area is 85.0 Å². The van der Waals surface area contributed by atoms with E-state index in [0.29, 0.717) is 0 Å². The minimum Gasteiger partial charge on any atom is -0.454 e. The summed E-state index contributed by atoms with van der Waals surface area (Å²) in [5, 5.41) is 0. The lowest BCUT2D eigenvalue weighted by molar-refractivity contribution is 0.173. The van der Waals surface area contributed by atoms with Gasteiger partial charge in [-0.3, -0.25) is 0 Å². The van der Waals surface area contributed by atoms with Crippen molar-refractivity contribution in [2.24, 2.45) is 5.73 Å². The number of fused-ring (bicyclic) bond motifs is 1. The molecule has 0 bridgehead atoms. The van der Waals surface area contributed by atoms with E-state index in [2.05, 4.69) is 15.9 Å². The molecule has 2 N–H and O–H groups in total. The molecule has 1 atom stereocenters. The largest absolute Gasteiger partial charge is 0.454 e. The lowest BCUT2D eigenvalue weighted by Gasteiger charge is -2.07. The first-order chi connectivity index (χ1) is 6.18. The van der Waals surface area contributed by atoms with Crippen LogP contribution in [-0.2, 0) is 0 Å². The quantitative estimate of drug-likeness (QED) is 0.823. The summed E-state index contributed by atoms with van der Waals surface area (Å²) in [7, 11) is 0. The van der Waals surface area contributed by atoms with Gasteiger partial charge in [0, 0.05) is 6.04 Å². The van der Waals surface area contributed by atoms with Gasteiger partial charge in [0.25, 0.3) is 0 Å². The molecule has 2 rings (SSSR count). The third kappa shape index (κ3) is 1.51. The Morgan fingerprint density at radius 3 is 2.92 bits per heavy atom. The molecule has 1 aromatic carbocycles. The number of benzene rings is 1. The fourth-order valence-electron chi connectivity index (χ4n) is 1.25. The highest BCUT2D eigenvalue weighted by atomic mass is 79.9. The molecule has 0 saturated heterocycles. The Balaban J connectivity index is 2.49. The molecule has 0 radical (unpaired) electrons. The van der Waals surface area contributed by atoms with Crippen LogP contribution in [0.4, 0.5) is 0 Å². The molecule has 1 unspecified atom stereocenters. The predicted octanol–water partition coefficient (Wildman–Crippen LogP) is 2.20. The molecular weight excluding hydrogens is 234 g/mol. The van der Waals surface area contributed by atoms with Crippen LogP contribution < -0.4 is 15.2 Å². The zero-order chi connectivity index (χ0) is 9.42. The van der Waals surface area contributed by atoms with Crippen LogP contribution >= 0.6 is 15.9 Å². The van der Waals surface area contributed by atoms with Crippen LogP contribution in [0.5, 0.6) is 11.5 Å². The predicted molar refractivity (Wildman–Crippen MR) is 52.9 cm³/mol. The number of hydrogen-bond acceptors (Lipinski definition) is 3. The summed E-state index contributed by atoms with van der Waals surface area (Å²) < 4.78 is 11.4. The fourth-order valence-corrected chi connectivity index (χ4v) is 1.82. The van der Waals surface area contributed by atoms with Crippen LogP contribution in [0.3, 0.4) is 0 Å². The maximum Gasteiger partial charge on any atom is 0.231 e. The molecule has 13 heavy (non-hydrogen) atoms. The first-order valence-electron chi connectivity index (χ1n) is 4.03. The normalized spacial score (nSPS) is 15.9. The van der Waals surface area contributed by atoms with Gasteiger partial charge in [-0.15, -0.1) is 0 Å². The van der Waals surface area contributed by atoms with E-state index in [1.54, 1.807) is 0 Å². The third-order valence-corrected chi connectivity index (χ3v) is 2.56. The van der Waals surface area contributed by atoms with E-state index in [9.17, 15) is 0 Å². The highest BCUT2D eigenvalue weighted by Gasteiger charge is 2.18. The van der Waals surface area contributed by atoms with E-state index in [1.807, 2.05) is 19.1 Å². The number of nitrogens with two attached hydrogens (primary N) is 1. The van der Waals surface area contributed by atoms with Crippen molar-refractivity contribution in [2.45, 2.75) is 13.0 Å². The molecule has 0 fully saturated rings. The Morgan fingerprint density at radius 1 is 1.46 bits per heavy atom. The molecule has 0 aromatic heterocycles. The summed E-state index contributed by atoms with van der Waals surface area (Å²) >= 11 is 3.41. The van der Waals surface area contributed by atoms with Gasteiger partial charge in [-0.25, -0.2) is 0 Å². The lowest BCUT2D eigenvalue weighted by atomic mass is 10.1. The van der Waals surface area contributed by atoms with Crippen LogP contribution in [-0.4, -0.2) is 6.79 Å². The zero-order valence-electron chi connectivity index (χ0n) is 7.21. The summed E-state index contributed by atoms with van der Waals surface area (Å²) in [5.74, 6) is 1.53. The van der Waals surface area contributed by atoms with E-state index < -0.39 is 0 Å². The zero-order valence-corrected chi connectivity index (χ0v) is 8.80. The second kappa shape index (κ2) is 3.20. The summed E-state index contributed by atoms with van der Waals surface area (Å²) in [6.07, 6.45) is 0. The maximum atomic E-state index is 5.76. The van der Waals surface area contributed by atoms with Gasteiger partial charge < -0.3 is 15.2 Å². The maximum absolute atomic E-state index is 5.76. The highest BCUT2D eigenvalue weighted by Crippen LogP contribution is 2.40. The van der Waals surface area contributed by atoms with E-state index in [4.69, 9.17) is 15.2 Å². The molecule has 0 aliphatic carbocycles. The molecule has 4 heteroatoms. The van der Waals surface area contributed by atoms with Gasteiger partial charge in [0.15, 0.2) is 11.5 Å². The van der Waals surface area contributed by atoms with Crippen molar-refractivity contribution in [3.63, 3.8) is 0 Å². The number of rotatable bonds is 1. The molecule has 1 aliphatic rings. The second-order valence-corrected chi connectivity index (χ2v) is 3.88. The molecule has 0 spiro atoms. The monoisotopic (exact) mass is 243 g/mol. The topological polar surface area (TPSA) is 44.5 Å². The van der Waals surface area contributed by atoms with Gasteiger partial charge in [-0.1, -0.05) is 0 Å². The lowest BCUT2D eigenvalue weighted by Crippen LogP contribution is -2.04. The van der Waals surface area contributed by atoms with E-state index in [0.717, 1.165) is 21.5 Å².